The van der Waals surface area contributed by atoms with Crippen molar-refractivity contribution in [3.63, 3.8) is 0 Å². The smallest absolute Gasteiger partial charge is 0.430 e. The molecule has 2 aromatic rings. The lowest BCUT2D eigenvalue weighted by atomic mass is 9.74. The lowest BCUT2D eigenvalue weighted by Gasteiger charge is -2.49. The number of nitrogens with one attached hydrogen (secondary N) is 1. The van der Waals surface area contributed by atoms with Crippen molar-refractivity contribution in [1.82, 2.24) is 10.2 Å². The van der Waals surface area contributed by atoms with Gasteiger partial charge in [0.15, 0.2) is 0 Å². The van der Waals surface area contributed by atoms with Crippen LogP contribution in [0.1, 0.15) is 41.0 Å². The maximum atomic E-state index is 14.5. The van der Waals surface area contributed by atoms with Crippen LogP contribution in [0.3, 0.4) is 0 Å². The molecule has 2 saturated heterocycles. The van der Waals surface area contributed by atoms with Crippen molar-refractivity contribution in [2.75, 3.05) is 26.7 Å². The Bertz CT molecular complexity index is 1140. The largest absolute Gasteiger partial charge is 0.442 e. The lowest BCUT2D eigenvalue weighted by molar-refractivity contribution is -0.271. The average molecular weight is 509 g/mol. The molecular formula is C26H28F4N2O4. The summed E-state index contributed by atoms with van der Waals surface area (Å²) in [7, 11) is 0.880. The molecular weight excluding hydrogens is 480 g/mol. The van der Waals surface area contributed by atoms with Gasteiger partial charge in [-0.3, -0.25) is 4.79 Å². The summed E-state index contributed by atoms with van der Waals surface area (Å²) in [6, 6.07) is 9.93. The van der Waals surface area contributed by atoms with Crippen LogP contribution in [0, 0.1) is 19.7 Å². The first-order valence-electron chi connectivity index (χ1n) is 11.6. The predicted molar refractivity (Wildman–Crippen MR) is 123 cm³/mol. The molecule has 2 amide bonds. The van der Waals surface area contributed by atoms with Gasteiger partial charge in [-0.25, -0.2) is 9.18 Å². The second-order valence-electron chi connectivity index (χ2n) is 9.41. The quantitative estimate of drug-likeness (QED) is 0.607. The van der Waals surface area contributed by atoms with Crippen molar-refractivity contribution in [3.8, 4) is 0 Å². The van der Waals surface area contributed by atoms with E-state index in [0.717, 1.165) is 23.1 Å². The second kappa shape index (κ2) is 9.38. The summed E-state index contributed by atoms with van der Waals surface area (Å²) < 4.78 is 67.8. The number of aryl methyl sites for hydroxylation is 2. The number of hydrogen-bond donors (Lipinski definition) is 1. The number of benzene rings is 2. The van der Waals surface area contributed by atoms with Gasteiger partial charge < -0.3 is 19.7 Å². The predicted octanol–water partition coefficient (Wildman–Crippen LogP) is 4.73. The molecule has 10 heteroatoms. The molecule has 2 aliphatic heterocycles. The molecule has 0 unspecified atom stereocenters. The summed E-state index contributed by atoms with van der Waals surface area (Å²) in [5.74, 6) is -1.99. The Hall–Kier alpha value is -3.14. The Morgan fingerprint density at radius 2 is 1.72 bits per heavy atom. The van der Waals surface area contributed by atoms with E-state index >= 15 is 0 Å². The van der Waals surface area contributed by atoms with E-state index in [-0.39, 0.29) is 44.0 Å². The number of rotatable bonds is 4. The van der Waals surface area contributed by atoms with Crippen LogP contribution in [0.2, 0.25) is 0 Å². The minimum atomic E-state index is -5.02. The van der Waals surface area contributed by atoms with Gasteiger partial charge in [0.05, 0.1) is 0 Å². The molecule has 2 aliphatic rings. The summed E-state index contributed by atoms with van der Waals surface area (Å²) in [6.07, 6.45) is -5.41. The molecule has 4 rings (SSSR count). The highest BCUT2D eigenvalue weighted by Gasteiger charge is 2.64. The van der Waals surface area contributed by atoms with E-state index in [1.54, 1.807) is 26.0 Å². The number of nitrogens with zero attached hydrogens (tertiary/aromatic N) is 1. The number of carbonyl (C=O) groups excluding carboxylic acids is 2. The Labute approximate surface area is 206 Å². The summed E-state index contributed by atoms with van der Waals surface area (Å²) in [5.41, 5.74) is -2.37. The van der Waals surface area contributed by atoms with Crippen LogP contribution in [0.5, 0.6) is 0 Å². The minimum Gasteiger partial charge on any atom is -0.442 e. The molecule has 2 aromatic carbocycles. The molecule has 2 heterocycles. The molecule has 0 radical (unpaired) electrons. The maximum Gasteiger partial charge on any atom is 0.430 e. The van der Waals surface area contributed by atoms with Gasteiger partial charge in [0.1, 0.15) is 11.4 Å². The van der Waals surface area contributed by atoms with E-state index in [1.807, 2.05) is 0 Å². The number of carbonyl (C=O) groups is 2. The first kappa shape index (κ1) is 25.9. The maximum absolute atomic E-state index is 14.5. The number of amides is 2. The standard InChI is InChI=1S/C26H28F4N2O4/c1-16-4-7-19(14-17(16)2)25(35-3,26(28,29)30)22(33)32-12-10-24(11-13-32)21(15-31-23(34)36-24)18-5-8-20(27)9-6-18/h4-9,14,21H,10-13,15H2,1-3H3,(H,31,34)/t21-,25+/m1/s1. The van der Waals surface area contributed by atoms with Crippen LogP contribution in [0.25, 0.3) is 0 Å². The Kier molecular flexibility index (Phi) is 6.76. The van der Waals surface area contributed by atoms with Crippen molar-refractivity contribution in [1.29, 1.82) is 0 Å². The highest BCUT2D eigenvalue weighted by atomic mass is 19.4. The van der Waals surface area contributed by atoms with E-state index < -0.39 is 35.2 Å². The molecule has 0 aromatic heterocycles. The van der Waals surface area contributed by atoms with E-state index in [9.17, 15) is 27.2 Å². The number of alkyl halides is 3. The first-order valence-corrected chi connectivity index (χ1v) is 11.6. The number of piperidine rings is 1. The minimum absolute atomic E-state index is 0.0736. The Balaban J connectivity index is 1.64. The zero-order valence-electron chi connectivity index (χ0n) is 20.2. The van der Waals surface area contributed by atoms with Crippen LogP contribution >= 0.6 is 0 Å². The average Bonchev–Trinajstić information content (AvgIpc) is 2.82. The monoisotopic (exact) mass is 508 g/mol. The van der Waals surface area contributed by atoms with Gasteiger partial charge in [-0.15, -0.1) is 0 Å². The molecule has 36 heavy (non-hydrogen) atoms. The van der Waals surface area contributed by atoms with Crippen molar-refractivity contribution in [3.05, 3.63) is 70.5 Å². The van der Waals surface area contributed by atoms with Gasteiger partial charge in [-0.05, 0) is 42.7 Å². The highest BCUT2D eigenvalue weighted by molar-refractivity contribution is 5.88. The van der Waals surface area contributed by atoms with Crippen molar-refractivity contribution < 1.29 is 36.6 Å². The molecule has 0 saturated carbocycles. The van der Waals surface area contributed by atoms with Crippen molar-refractivity contribution >= 4 is 12.0 Å². The Morgan fingerprint density at radius 1 is 1.08 bits per heavy atom. The number of ether oxygens (including phenoxy) is 2. The summed E-state index contributed by atoms with van der Waals surface area (Å²) in [5, 5.41) is 2.63. The third-order valence-corrected chi connectivity index (χ3v) is 7.47. The van der Waals surface area contributed by atoms with Crippen molar-refractivity contribution in [2.24, 2.45) is 0 Å². The number of halogens is 4. The molecule has 6 nitrogen and oxygen atoms in total. The number of methoxy groups -OCH3 is 1. The molecule has 0 bridgehead atoms. The molecule has 2 atom stereocenters. The van der Waals surface area contributed by atoms with Gasteiger partial charge in [0.2, 0.25) is 0 Å². The zero-order valence-corrected chi connectivity index (χ0v) is 20.2. The van der Waals surface area contributed by atoms with Gasteiger partial charge in [0.25, 0.3) is 11.5 Å². The second-order valence-corrected chi connectivity index (χ2v) is 9.41. The molecule has 0 aliphatic carbocycles. The van der Waals surface area contributed by atoms with Crippen LogP contribution in [0.15, 0.2) is 42.5 Å². The van der Waals surface area contributed by atoms with E-state index in [4.69, 9.17) is 9.47 Å². The fourth-order valence-corrected chi connectivity index (χ4v) is 5.23. The van der Waals surface area contributed by atoms with Crippen LogP contribution < -0.4 is 5.32 Å². The number of alkyl carbamates (subject to hydrolysis) is 1. The van der Waals surface area contributed by atoms with Gasteiger partial charge in [0, 0.05) is 51.1 Å². The molecule has 2 fully saturated rings. The van der Waals surface area contributed by atoms with E-state index in [0.29, 0.717) is 5.56 Å². The van der Waals surface area contributed by atoms with Crippen LogP contribution in [-0.2, 0) is 19.9 Å². The molecule has 1 N–H and O–H groups in total. The van der Waals surface area contributed by atoms with E-state index in [2.05, 4.69) is 5.32 Å². The summed E-state index contributed by atoms with van der Waals surface area (Å²) >= 11 is 0. The zero-order chi connectivity index (χ0) is 26.3. The fourth-order valence-electron chi connectivity index (χ4n) is 5.23. The fraction of sp³-hybridized carbons (Fsp3) is 0.462. The summed E-state index contributed by atoms with van der Waals surface area (Å²) in [6.45, 7) is 3.52. The van der Waals surface area contributed by atoms with Crippen LogP contribution in [0.4, 0.5) is 22.4 Å². The molecule has 194 valence electrons. The third-order valence-electron chi connectivity index (χ3n) is 7.47. The SMILES string of the molecule is CO[C@](C(=O)N1CCC2(CC1)OC(=O)NC[C@@H]2c1ccc(F)cc1)(c1ccc(C)c(C)c1)C(F)(F)F. The first-order chi connectivity index (χ1) is 16.9. The van der Waals surface area contributed by atoms with Gasteiger partial charge in [-0.1, -0.05) is 30.3 Å². The Morgan fingerprint density at radius 3 is 2.28 bits per heavy atom. The summed E-state index contributed by atoms with van der Waals surface area (Å²) in [4.78, 5) is 26.8. The normalized spacial score (nSPS) is 21.5. The lowest BCUT2D eigenvalue weighted by Crippen LogP contribution is -2.62. The number of hydrogen-bond acceptors (Lipinski definition) is 4. The topological polar surface area (TPSA) is 67.9 Å². The van der Waals surface area contributed by atoms with E-state index in [1.165, 1.54) is 30.3 Å². The van der Waals surface area contributed by atoms with Crippen LogP contribution in [-0.4, -0.2) is 55.4 Å². The molecule has 1 spiro atoms. The van der Waals surface area contributed by atoms with Crippen molar-refractivity contribution in [2.45, 2.75) is 50.0 Å². The number of likely N-dealkylation sites (tertiary alicyclic amines) is 1. The van der Waals surface area contributed by atoms with Gasteiger partial charge in [-0.2, -0.15) is 13.2 Å². The third kappa shape index (κ3) is 4.31. The highest BCUT2D eigenvalue weighted by Crippen LogP contribution is 2.46. The van der Waals surface area contributed by atoms with Gasteiger partial charge >= 0.3 is 12.3 Å².